The van der Waals surface area contributed by atoms with Crippen molar-refractivity contribution in [1.82, 2.24) is 5.16 Å². The van der Waals surface area contributed by atoms with E-state index in [-0.39, 0.29) is 0 Å². The van der Waals surface area contributed by atoms with Crippen LogP contribution in [0.2, 0.25) is 0 Å². The largest absolute Gasteiger partial charge is 0.399 e. The first-order valence-electron chi connectivity index (χ1n) is 5.46. The lowest BCUT2D eigenvalue weighted by molar-refractivity contribution is 0.440. The number of anilines is 1. The second-order valence-corrected chi connectivity index (χ2v) is 4.11. The molecule has 0 saturated carbocycles. The topological polar surface area (TPSA) is 52.0 Å². The van der Waals surface area contributed by atoms with E-state index in [1.54, 1.807) is 0 Å². The Morgan fingerprint density at radius 3 is 2.76 bits per heavy atom. The van der Waals surface area contributed by atoms with E-state index in [2.05, 4.69) is 5.16 Å². The Labute approximate surface area is 98.8 Å². The van der Waals surface area contributed by atoms with Crippen LogP contribution in [-0.2, 0) is 0 Å². The number of benzene rings is 2. The molecule has 0 atom stereocenters. The molecule has 0 aliphatic rings. The molecule has 0 saturated heterocycles. The Balaban J connectivity index is 2.28. The van der Waals surface area contributed by atoms with Crippen LogP contribution < -0.4 is 5.73 Å². The van der Waals surface area contributed by atoms with E-state index in [1.807, 2.05) is 49.4 Å². The van der Waals surface area contributed by atoms with Crippen LogP contribution in [0.4, 0.5) is 5.69 Å². The van der Waals surface area contributed by atoms with Crippen molar-refractivity contribution >= 4 is 16.6 Å². The second-order valence-electron chi connectivity index (χ2n) is 4.11. The summed E-state index contributed by atoms with van der Waals surface area (Å²) in [5, 5.41) is 5.13. The van der Waals surface area contributed by atoms with E-state index in [4.69, 9.17) is 10.3 Å². The highest BCUT2D eigenvalue weighted by Crippen LogP contribution is 2.30. The summed E-state index contributed by atoms with van der Waals surface area (Å²) in [5.74, 6) is 0.774. The van der Waals surface area contributed by atoms with Gasteiger partial charge in [-0.15, -0.1) is 0 Å². The number of nitrogen functional groups attached to an aromatic ring is 1. The van der Waals surface area contributed by atoms with Gasteiger partial charge in [-0.2, -0.15) is 0 Å². The molecule has 0 aliphatic heterocycles. The molecular formula is C14H12N2O. The zero-order chi connectivity index (χ0) is 11.8. The first-order valence-corrected chi connectivity index (χ1v) is 5.46. The predicted molar refractivity (Wildman–Crippen MR) is 68.6 cm³/mol. The van der Waals surface area contributed by atoms with Gasteiger partial charge in [0.1, 0.15) is 5.52 Å². The highest BCUT2D eigenvalue weighted by molar-refractivity contribution is 5.93. The lowest BCUT2D eigenvalue weighted by Crippen LogP contribution is -1.84. The van der Waals surface area contributed by atoms with Gasteiger partial charge in [0.05, 0.1) is 0 Å². The van der Waals surface area contributed by atoms with Crippen molar-refractivity contribution in [3.8, 4) is 11.3 Å². The minimum Gasteiger partial charge on any atom is -0.399 e. The van der Waals surface area contributed by atoms with E-state index < -0.39 is 0 Å². The molecule has 1 aromatic heterocycles. The van der Waals surface area contributed by atoms with E-state index in [9.17, 15) is 0 Å². The van der Waals surface area contributed by atoms with Crippen LogP contribution in [-0.4, -0.2) is 5.16 Å². The number of hydrogen-bond donors (Lipinski definition) is 1. The van der Waals surface area contributed by atoms with Crippen molar-refractivity contribution in [2.24, 2.45) is 0 Å². The fraction of sp³-hybridized carbons (Fsp3) is 0.0714. The molecule has 0 fully saturated rings. The van der Waals surface area contributed by atoms with Gasteiger partial charge < -0.3 is 10.3 Å². The molecule has 0 unspecified atom stereocenters. The minimum absolute atomic E-state index is 0.722. The number of rotatable bonds is 1. The maximum Gasteiger partial charge on any atom is 0.174 e. The molecule has 3 rings (SSSR count). The number of aryl methyl sites for hydroxylation is 1. The van der Waals surface area contributed by atoms with Gasteiger partial charge in [0, 0.05) is 16.6 Å². The third kappa shape index (κ3) is 1.56. The van der Waals surface area contributed by atoms with Crippen molar-refractivity contribution in [2.45, 2.75) is 6.92 Å². The van der Waals surface area contributed by atoms with Crippen LogP contribution in [0, 0.1) is 6.92 Å². The molecule has 3 aromatic rings. The Morgan fingerprint density at radius 1 is 1.12 bits per heavy atom. The summed E-state index contributed by atoms with van der Waals surface area (Å²) in [6, 6.07) is 13.7. The molecule has 0 radical (unpaired) electrons. The molecule has 84 valence electrons. The highest BCUT2D eigenvalue weighted by atomic mass is 16.5. The summed E-state index contributed by atoms with van der Waals surface area (Å²) in [4.78, 5) is 0. The smallest absolute Gasteiger partial charge is 0.174 e. The molecule has 2 aromatic carbocycles. The summed E-state index contributed by atoms with van der Waals surface area (Å²) in [7, 11) is 0. The summed E-state index contributed by atoms with van der Waals surface area (Å²) >= 11 is 0. The van der Waals surface area contributed by atoms with Crippen LogP contribution >= 0.6 is 0 Å². The van der Waals surface area contributed by atoms with Crippen LogP contribution in [0.5, 0.6) is 0 Å². The average molecular weight is 224 g/mol. The Bertz CT molecular complexity index is 686. The van der Waals surface area contributed by atoms with Gasteiger partial charge in [-0.3, -0.25) is 0 Å². The number of nitrogens with zero attached hydrogens (tertiary/aromatic N) is 1. The summed E-state index contributed by atoms with van der Waals surface area (Å²) in [6.07, 6.45) is 0. The maximum absolute atomic E-state index is 5.78. The zero-order valence-electron chi connectivity index (χ0n) is 9.47. The summed E-state index contributed by atoms with van der Waals surface area (Å²) in [5.41, 5.74) is 9.47. The molecule has 17 heavy (non-hydrogen) atoms. The third-order valence-electron chi connectivity index (χ3n) is 2.86. The average Bonchev–Trinajstić information content (AvgIpc) is 2.74. The molecule has 3 nitrogen and oxygen atoms in total. The van der Waals surface area contributed by atoms with E-state index in [0.717, 1.165) is 33.5 Å². The van der Waals surface area contributed by atoms with E-state index in [1.165, 1.54) is 0 Å². The Hall–Kier alpha value is -2.29. The van der Waals surface area contributed by atoms with Crippen LogP contribution in [0.1, 0.15) is 5.56 Å². The lowest BCUT2D eigenvalue weighted by atomic mass is 10.1. The van der Waals surface area contributed by atoms with E-state index >= 15 is 0 Å². The van der Waals surface area contributed by atoms with Gasteiger partial charge in [0.2, 0.25) is 0 Å². The lowest BCUT2D eigenvalue weighted by Gasteiger charge is -1.98. The van der Waals surface area contributed by atoms with Crippen LogP contribution in [0.25, 0.3) is 22.2 Å². The normalized spacial score (nSPS) is 10.9. The van der Waals surface area contributed by atoms with Gasteiger partial charge in [0.25, 0.3) is 0 Å². The molecule has 0 spiro atoms. The van der Waals surface area contributed by atoms with Crippen molar-refractivity contribution in [1.29, 1.82) is 0 Å². The van der Waals surface area contributed by atoms with Crippen LogP contribution in [0.15, 0.2) is 47.0 Å². The number of nitrogens with two attached hydrogens (primary N) is 1. The molecule has 0 amide bonds. The van der Waals surface area contributed by atoms with Crippen LogP contribution in [0.3, 0.4) is 0 Å². The number of aromatic nitrogens is 1. The monoisotopic (exact) mass is 224 g/mol. The maximum atomic E-state index is 5.78. The molecule has 3 heteroatoms. The molecule has 1 heterocycles. The van der Waals surface area contributed by atoms with E-state index in [0.29, 0.717) is 0 Å². The van der Waals surface area contributed by atoms with Crippen molar-refractivity contribution < 1.29 is 4.52 Å². The van der Waals surface area contributed by atoms with Crippen molar-refractivity contribution in [2.75, 3.05) is 5.73 Å². The molecule has 0 bridgehead atoms. The van der Waals surface area contributed by atoms with Gasteiger partial charge in [-0.1, -0.05) is 29.4 Å². The number of fused-ring (bicyclic) bond motifs is 1. The molecular weight excluding hydrogens is 212 g/mol. The number of hydrogen-bond acceptors (Lipinski definition) is 3. The zero-order valence-corrected chi connectivity index (χ0v) is 9.47. The second kappa shape index (κ2) is 3.63. The Kier molecular flexibility index (Phi) is 2.11. The quantitative estimate of drug-likeness (QED) is 0.644. The van der Waals surface area contributed by atoms with Gasteiger partial charge >= 0.3 is 0 Å². The van der Waals surface area contributed by atoms with Gasteiger partial charge in [0.15, 0.2) is 5.76 Å². The van der Waals surface area contributed by atoms with Crippen molar-refractivity contribution in [3.63, 3.8) is 0 Å². The van der Waals surface area contributed by atoms with Crippen molar-refractivity contribution in [3.05, 3.63) is 48.0 Å². The first-order chi connectivity index (χ1) is 8.25. The predicted octanol–water partition coefficient (Wildman–Crippen LogP) is 3.39. The summed E-state index contributed by atoms with van der Waals surface area (Å²) < 4.78 is 5.43. The fourth-order valence-corrected chi connectivity index (χ4v) is 1.99. The summed E-state index contributed by atoms with van der Waals surface area (Å²) in [6.45, 7) is 2.02. The fourth-order valence-electron chi connectivity index (χ4n) is 1.99. The first kappa shape index (κ1) is 9.90. The molecule has 2 N–H and O–H groups in total. The Morgan fingerprint density at radius 2 is 1.94 bits per heavy atom. The standard InChI is InChI=1S/C14H12N2O/c1-9-4-2-7-12-13(9)16-17-14(12)10-5-3-6-11(15)8-10/h2-8H,15H2,1H3. The molecule has 0 aliphatic carbocycles. The third-order valence-corrected chi connectivity index (χ3v) is 2.86. The minimum atomic E-state index is 0.722. The SMILES string of the molecule is Cc1cccc2c(-c3cccc(N)c3)onc12. The van der Waals surface area contributed by atoms with Gasteiger partial charge in [-0.25, -0.2) is 0 Å². The van der Waals surface area contributed by atoms with Gasteiger partial charge in [-0.05, 0) is 30.7 Å². The highest BCUT2D eigenvalue weighted by Gasteiger charge is 2.11.